The van der Waals surface area contributed by atoms with E-state index in [2.05, 4.69) is 21.8 Å². The number of hydrogen-bond donors (Lipinski definition) is 0. The molecule has 27 heavy (non-hydrogen) atoms. The van der Waals surface area contributed by atoms with Gasteiger partial charge in [0, 0.05) is 37.2 Å². The van der Waals surface area contributed by atoms with E-state index in [0.717, 1.165) is 11.1 Å². The highest BCUT2D eigenvalue weighted by molar-refractivity contribution is 5.95. The van der Waals surface area contributed by atoms with Gasteiger partial charge >= 0.3 is 0 Å². The summed E-state index contributed by atoms with van der Waals surface area (Å²) in [5.74, 6) is 6.67. The van der Waals surface area contributed by atoms with Crippen molar-refractivity contribution in [2.75, 3.05) is 7.11 Å². The molecule has 5 nitrogen and oxygen atoms in total. The Morgan fingerprint density at radius 2 is 1.96 bits per heavy atom. The zero-order valence-electron chi connectivity index (χ0n) is 14.8. The minimum Gasteiger partial charge on any atom is -0.495 e. The average molecular weight is 355 g/mol. The second-order valence-electron chi connectivity index (χ2n) is 6.19. The molecule has 0 aliphatic carbocycles. The maximum atomic E-state index is 12.9. The smallest absolute Gasteiger partial charge is 0.254 e. The Bertz CT molecular complexity index is 1030. The molecule has 132 valence electrons. The number of pyridine rings is 2. The lowest BCUT2D eigenvalue weighted by Gasteiger charge is -2.16. The van der Waals surface area contributed by atoms with Crippen LogP contribution in [-0.4, -0.2) is 27.9 Å². The lowest BCUT2D eigenvalue weighted by atomic mass is 10.1. The third kappa shape index (κ3) is 3.51. The van der Waals surface area contributed by atoms with Gasteiger partial charge in [-0.3, -0.25) is 9.78 Å². The van der Waals surface area contributed by atoms with Gasteiger partial charge in [-0.25, -0.2) is 4.98 Å². The van der Waals surface area contributed by atoms with Crippen LogP contribution >= 0.6 is 0 Å². The van der Waals surface area contributed by atoms with Crippen LogP contribution in [0.15, 0.2) is 61.1 Å². The van der Waals surface area contributed by atoms with Crippen LogP contribution in [0.3, 0.4) is 0 Å². The molecule has 1 aliphatic heterocycles. The first kappa shape index (κ1) is 16.8. The van der Waals surface area contributed by atoms with Gasteiger partial charge in [0.25, 0.3) is 5.91 Å². The number of methoxy groups -OCH3 is 1. The van der Waals surface area contributed by atoms with E-state index in [9.17, 15) is 4.79 Å². The van der Waals surface area contributed by atoms with Gasteiger partial charge in [0.1, 0.15) is 11.4 Å². The monoisotopic (exact) mass is 355 g/mol. The summed E-state index contributed by atoms with van der Waals surface area (Å²) in [6.07, 6.45) is 5.27. The number of amides is 1. The third-order valence-corrected chi connectivity index (χ3v) is 4.45. The van der Waals surface area contributed by atoms with Crippen molar-refractivity contribution in [3.05, 3.63) is 89.0 Å². The van der Waals surface area contributed by atoms with Gasteiger partial charge < -0.3 is 9.64 Å². The first-order chi connectivity index (χ1) is 13.2. The number of nitrogens with zero attached hydrogens (tertiary/aromatic N) is 3. The van der Waals surface area contributed by atoms with Crippen molar-refractivity contribution in [3.8, 4) is 17.6 Å². The Hall–Kier alpha value is -3.65. The van der Waals surface area contributed by atoms with Crippen molar-refractivity contribution in [1.29, 1.82) is 0 Å². The van der Waals surface area contributed by atoms with Crippen LogP contribution in [0.1, 0.15) is 32.7 Å². The zero-order chi connectivity index (χ0) is 18.6. The van der Waals surface area contributed by atoms with E-state index in [0.29, 0.717) is 35.7 Å². The second kappa shape index (κ2) is 7.30. The lowest BCUT2D eigenvalue weighted by molar-refractivity contribution is 0.0751. The van der Waals surface area contributed by atoms with Crippen LogP contribution in [0.25, 0.3) is 0 Å². The topological polar surface area (TPSA) is 55.3 Å². The van der Waals surface area contributed by atoms with Gasteiger partial charge in [0.2, 0.25) is 0 Å². The number of aromatic nitrogens is 2. The van der Waals surface area contributed by atoms with E-state index >= 15 is 0 Å². The summed E-state index contributed by atoms with van der Waals surface area (Å²) in [7, 11) is 1.59. The normalized spacial score (nSPS) is 12.1. The molecular weight excluding hydrogens is 338 g/mol. The Morgan fingerprint density at radius 3 is 2.74 bits per heavy atom. The maximum absolute atomic E-state index is 12.9. The quantitative estimate of drug-likeness (QED) is 0.663. The van der Waals surface area contributed by atoms with Crippen molar-refractivity contribution in [2.24, 2.45) is 0 Å². The molecule has 0 saturated heterocycles. The van der Waals surface area contributed by atoms with Gasteiger partial charge in [-0.15, -0.1) is 0 Å². The Kier molecular flexibility index (Phi) is 4.54. The lowest BCUT2D eigenvalue weighted by Crippen LogP contribution is -2.25. The van der Waals surface area contributed by atoms with Gasteiger partial charge in [-0.1, -0.05) is 12.0 Å². The molecule has 0 fully saturated rings. The number of rotatable bonds is 2. The molecule has 0 radical (unpaired) electrons. The first-order valence-corrected chi connectivity index (χ1v) is 8.57. The highest BCUT2D eigenvalue weighted by Crippen LogP contribution is 2.25. The number of benzene rings is 1. The summed E-state index contributed by atoms with van der Waals surface area (Å²) < 4.78 is 5.39. The maximum Gasteiger partial charge on any atom is 0.254 e. The van der Waals surface area contributed by atoms with Crippen LogP contribution < -0.4 is 4.74 Å². The number of fused-ring (bicyclic) bond motifs is 1. The molecule has 0 unspecified atom stereocenters. The highest BCUT2D eigenvalue weighted by atomic mass is 16.5. The van der Waals surface area contributed by atoms with Crippen LogP contribution in [0.5, 0.6) is 5.75 Å². The molecule has 5 heteroatoms. The van der Waals surface area contributed by atoms with E-state index < -0.39 is 0 Å². The van der Waals surface area contributed by atoms with E-state index in [1.165, 1.54) is 0 Å². The molecule has 2 aromatic heterocycles. The number of hydrogen-bond acceptors (Lipinski definition) is 4. The van der Waals surface area contributed by atoms with Gasteiger partial charge in [-0.05, 0) is 53.4 Å². The Morgan fingerprint density at radius 1 is 1.07 bits per heavy atom. The molecule has 0 spiro atoms. The molecule has 0 bridgehead atoms. The largest absolute Gasteiger partial charge is 0.495 e. The number of carbonyl (C=O) groups excluding carboxylic acids is 1. The van der Waals surface area contributed by atoms with E-state index in [-0.39, 0.29) is 5.91 Å². The second-order valence-corrected chi connectivity index (χ2v) is 6.19. The van der Waals surface area contributed by atoms with Crippen molar-refractivity contribution in [3.63, 3.8) is 0 Å². The van der Waals surface area contributed by atoms with Crippen LogP contribution in [-0.2, 0) is 13.1 Å². The molecule has 3 aromatic rings. The molecule has 1 amide bonds. The van der Waals surface area contributed by atoms with E-state index in [1.807, 2.05) is 35.4 Å². The minimum absolute atomic E-state index is 0.0326. The SMILES string of the molecule is COc1ccc(C(=O)N2Cc3ccncc3C2)cc1C#Cc1ccccn1. The third-order valence-electron chi connectivity index (χ3n) is 4.45. The number of carbonyl (C=O) groups is 1. The van der Waals surface area contributed by atoms with E-state index in [1.54, 1.807) is 37.7 Å². The van der Waals surface area contributed by atoms with Crippen molar-refractivity contribution in [2.45, 2.75) is 13.1 Å². The summed E-state index contributed by atoms with van der Waals surface area (Å²) >= 11 is 0. The Balaban J connectivity index is 1.61. The van der Waals surface area contributed by atoms with E-state index in [4.69, 9.17) is 4.74 Å². The van der Waals surface area contributed by atoms with Crippen LogP contribution in [0, 0.1) is 11.8 Å². The van der Waals surface area contributed by atoms with Gasteiger partial charge in [0.05, 0.1) is 12.7 Å². The highest BCUT2D eigenvalue weighted by Gasteiger charge is 2.24. The molecule has 1 aliphatic rings. The van der Waals surface area contributed by atoms with Crippen LogP contribution in [0.4, 0.5) is 0 Å². The summed E-state index contributed by atoms with van der Waals surface area (Å²) in [5, 5.41) is 0. The fourth-order valence-electron chi connectivity index (χ4n) is 3.05. The fourth-order valence-corrected chi connectivity index (χ4v) is 3.05. The molecule has 1 aromatic carbocycles. The Labute approximate surface area is 157 Å². The average Bonchev–Trinajstić information content (AvgIpc) is 3.16. The van der Waals surface area contributed by atoms with Crippen molar-refractivity contribution < 1.29 is 9.53 Å². The van der Waals surface area contributed by atoms with Crippen molar-refractivity contribution >= 4 is 5.91 Å². The molecule has 0 atom stereocenters. The summed E-state index contributed by atoms with van der Waals surface area (Å²) in [4.78, 5) is 23.1. The van der Waals surface area contributed by atoms with Crippen LogP contribution in [0.2, 0.25) is 0 Å². The predicted molar refractivity (Wildman–Crippen MR) is 101 cm³/mol. The minimum atomic E-state index is -0.0326. The molecule has 3 heterocycles. The van der Waals surface area contributed by atoms with Crippen molar-refractivity contribution in [1.82, 2.24) is 14.9 Å². The molecular formula is C22H17N3O2. The first-order valence-electron chi connectivity index (χ1n) is 8.57. The summed E-state index contributed by atoms with van der Waals surface area (Å²) in [6, 6.07) is 12.8. The summed E-state index contributed by atoms with van der Waals surface area (Å²) in [5.41, 5.74) is 4.14. The molecule has 0 N–H and O–H groups in total. The molecule has 0 saturated carbocycles. The number of ether oxygens (including phenoxy) is 1. The predicted octanol–water partition coefficient (Wildman–Crippen LogP) is 3.04. The standard InChI is InChI=1S/C22H17N3O2/c1-27-21-8-6-17(12-16(21)5-7-20-4-2-3-10-24-20)22(26)25-14-18-9-11-23-13-19(18)15-25/h2-4,6,8-13H,14-15H2,1H3. The van der Waals surface area contributed by atoms with Gasteiger partial charge in [0.15, 0.2) is 0 Å². The molecule has 4 rings (SSSR count). The summed E-state index contributed by atoms with van der Waals surface area (Å²) in [6.45, 7) is 1.17. The fraction of sp³-hybridized carbons (Fsp3) is 0.136. The zero-order valence-corrected chi connectivity index (χ0v) is 14.8. The van der Waals surface area contributed by atoms with Gasteiger partial charge in [-0.2, -0.15) is 0 Å².